The summed E-state index contributed by atoms with van der Waals surface area (Å²) < 4.78 is 39.7. The number of benzene rings is 1. The van der Waals surface area contributed by atoms with Gasteiger partial charge in [-0.3, -0.25) is 0 Å². The monoisotopic (exact) mass is 328 g/mol. The summed E-state index contributed by atoms with van der Waals surface area (Å²) >= 11 is 0. The average Bonchev–Trinajstić information content (AvgIpc) is 2.46. The Balaban J connectivity index is 2.04. The molecule has 1 heterocycles. The highest BCUT2D eigenvalue weighted by atomic mass is 32.2. The summed E-state index contributed by atoms with van der Waals surface area (Å²) in [6.45, 7) is 5.22. The molecule has 22 heavy (non-hydrogen) atoms. The van der Waals surface area contributed by atoms with E-state index >= 15 is 0 Å². The lowest BCUT2D eigenvalue weighted by molar-refractivity contribution is -0.0444. The van der Waals surface area contributed by atoms with Crippen molar-refractivity contribution in [3.63, 3.8) is 0 Å². The molecular weight excluding hydrogens is 304 g/mol. The van der Waals surface area contributed by atoms with Gasteiger partial charge in [-0.1, -0.05) is 24.3 Å². The van der Waals surface area contributed by atoms with Crippen LogP contribution in [0.15, 0.2) is 24.3 Å². The molecule has 1 aromatic rings. The molecule has 0 radical (unpaired) electrons. The Morgan fingerprint density at radius 3 is 2.41 bits per heavy atom. The van der Waals surface area contributed by atoms with Gasteiger partial charge in [-0.15, -0.1) is 0 Å². The fourth-order valence-corrected chi connectivity index (χ4v) is 3.95. The fraction of sp³-hybridized carbons (Fsp3) is 0.600. The maximum Gasteiger partial charge on any atom is 0.279 e. The molecule has 1 fully saturated rings. The van der Waals surface area contributed by atoms with Gasteiger partial charge in [0.15, 0.2) is 0 Å². The van der Waals surface area contributed by atoms with Gasteiger partial charge in [0.25, 0.3) is 10.2 Å². The number of hydrogen-bond acceptors (Lipinski definition) is 4. The number of hydrogen-bond donors (Lipinski definition) is 1. The van der Waals surface area contributed by atoms with Gasteiger partial charge in [-0.05, 0) is 25.0 Å². The number of ether oxygens (including phenoxy) is 2. The maximum atomic E-state index is 12.4. The number of nitrogens with zero attached hydrogens (tertiary/aromatic N) is 1. The Bertz CT molecular complexity index is 581. The highest BCUT2D eigenvalue weighted by molar-refractivity contribution is 7.87. The highest BCUT2D eigenvalue weighted by Crippen LogP contribution is 2.15. The van der Waals surface area contributed by atoms with Crippen LogP contribution in [-0.4, -0.2) is 45.1 Å². The highest BCUT2D eigenvalue weighted by Gasteiger charge is 2.30. The minimum absolute atomic E-state index is 0.0962. The van der Waals surface area contributed by atoms with Crippen LogP contribution in [0.5, 0.6) is 0 Å². The molecule has 0 aliphatic carbocycles. The Kier molecular flexibility index (Phi) is 5.94. The van der Waals surface area contributed by atoms with Gasteiger partial charge in [0.2, 0.25) is 0 Å². The van der Waals surface area contributed by atoms with Crippen LogP contribution in [0.4, 0.5) is 0 Å². The van der Waals surface area contributed by atoms with Gasteiger partial charge in [-0.25, -0.2) is 0 Å². The first kappa shape index (κ1) is 17.4. The third-order valence-corrected chi connectivity index (χ3v) is 5.08. The van der Waals surface area contributed by atoms with E-state index in [0.29, 0.717) is 19.7 Å². The van der Waals surface area contributed by atoms with Crippen molar-refractivity contribution in [2.24, 2.45) is 0 Å². The molecule has 0 bridgehead atoms. The Morgan fingerprint density at radius 1 is 1.23 bits per heavy atom. The van der Waals surface area contributed by atoms with E-state index in [1.54, 1.807) is 7.11 Å². The fourth-order valence-electron chi connectivity index (χ4n) is 2.61. The molecular formula is C15H24N2O4S. The molecule has 0 spiro atoms. The molecule has 1 aliphatic heterocycles. The smallest absolute Gasteiger partial charge is 0.279 e. The average molecular weight is 328 g/mol. The number of morpholine rings is 1. The van der Waals surface area contributed by atoms with Crippen LogP contribution in [0, 0.1) is 0 Å². The molecule has 0 unspecified atom stereocenters. The Hall–Kier alpha value is -0.990. The number of methoxy groups -OCH3 is 1. The lowest BCUT2D eigenvalue weighted by Crippen LogP contribution is -2.51. The van der Waals surface area contributed by atoms with Crippen LogP contribution >= 0.6 is 0 Å². The van der Waals surface area contributed by atoms with E-state index in [9.17, 15) is 8.42 Å². The predicted molar refractivity (Wildman–Crippen MR) is 84.5 cm³/mol. The predicted octanol–water partition coefficient (Wildman–Crippen LogP) is 1.28. The number of rotatable bonds is 6. The second kappa shape index (κ2) is 7.52. The standard InChI is InChI=1S/C15H24N2O4S/c1-12-9-17(10-13(2)21-12)22(18,19)16-8-14-6-4-5-7-15(14)11-20-3/h4-7,12-13,16H,8-11H2,1-3H3/t12-,13+. The zero-order valence-corrected chi connectivity index (χ0v) is 14.1. The van der Waals surface area contributed by atoms with Gasteiger partial charge in [0.05, 0.1) is 18.8 Å². The Morgan fingerprint density at radius 2 is 1.82 bits per heavy atom. The van der Waals surface area contributed by atoms with E-state index in [4.69, 9.17) is 9.47 Å². The van der Waals surface area contributed by atoms with Crippen LogP contribution < -0.4 is 4.72 Å². The summed E-state index contributed by atoms with van der Waals surface area (Å²) in [7, 11) is -1.89. The van der Waals surface area contributed by atoms with Crippen molar-refractivity contribution < 1.29 is 17.9 Å². The van der Waals surface area contributed by atoms with E-state index in [-0.39, 0.29) is 18.8 Å². The molecule has 1 aromatic carbocycles. The van der Waals surface area contributed by atoms with Gasteiger partial charge in [0, 0.05) is 26.7 Å². The minimum Gasteiger partial charge on any atom is -0.380 e. The van der Waals surface area contributed by atoms with Gasteiger partial charge < -0.3 is 9.47 Å². The van der Waals surface area contributed by atoms with Crippen LogP contribution in [0.1, 0.15) is 25.0 Å². The first-order chi connectivity index (χ1) is 10.4. The van der Waals surface area contributed by atoms with E-state index in [1.165, 1.54) is 4.31 Å². The summed E-state index contributed by atoms with van der Waals surface area (Å²) in [5, 5.41) is 0. The van der Waals surface area contributed by atoms with Crippen LogP contribution in [0.25, 0.3) is 0 Å². The van der Waals surface area contributed by atoms with E-state index in [1.807, 2.05) is 38.1 Å². The normalized spacial score (nSPS) is 23.6. The van der Waals surface area contributed by atoms with Crippen LogP contribution in [0.3, 0.4) is 0 Å². The molecule has 1 aliphatic rings. The zero-order valence-electron chi connectivity index (χ0n) is 13.3. The lowest BCUT2D eigenvalue weighted by Gasteiger charge is -2.34. The zero-order chi connectivity index (χ0) is 16.2. The van der Waals surface area contributed by atoms with Crippen molar-refractivity contribution in [1.82, 2.24) is 9.03 Å². The van der Waals surface area contributed by atoms with Gasteiger partial charge >= 0.3 is 0 Å². The van der Waals surface area contributed by atoms with Crippen LogP contribution in [-0.2, 0) is 32.8 Å². The Labute approximate surface area is 132 Å². The van der Waals surface area contributed by atoms with Crippen molar-refractivity contribution >= 4 is 10.2 Å². The summed E-state index contributed by atoms with van der Waals surface area (Å²) in [5.41, 5.74) is 1.90. The van der Waals surface area contributed by atoms with E-state index < -0.39 is 10.2 Å². The molecule has 7 heteroatoms. The minimum atomic E-state index is -3.52. The second-order valence-electron chi connectivity index (χ2n) is 5.60. The second-order valence-corrected chi connectivity index (χ2v) is 7.36. The first-order valence-corrected chi connectivity index (χ1v) is 8.82. The molecule has 1 saturated heterocycles. The van der Waals surface area contributed by atoms with Crippen molar-refractivity contribution in [3.8, 4) is 0 Å². The van der Waals surface area contributed by atoms with Crippen LogP contribution in [0.2, 0.25) is 0 Å². The topological polar surface area (TPSA) is 67.9 Å². The SMILES string of the molecule is COCc1ccccc1CNS(=O)(=O)N1C[C@@H](C)O[C@@H](C)C1. The molecule has 0 aromatic heterocycles. The third-order valence-electron chi connectivity index (χ3n) is 3.59. The molecule has 2 atom stereocenters. The summed E-state index contributed by atoms with van der Waals surface area (Å²) in [6, 6.07) is 7.65. The summed E-state index contributed by atoms with van der Waals surface area (Å²) in [6.07, 6.45) is -0.192. The quantitative estimate of drug-likeness (QED) is 0.854. The van der Waals surface area contributed by atoms with Crippen molar-refractivity contribution in [2.75, 3.05) is 20.2 Å². The summed E-state index contributed by atoms with van der Waals surface area (Å²) in [4.78, 5) is 0. The summed E-state index contributed by atoms with van der Waals surface area (Å²) in [5.74, 6) is 0. The molecule has 124 valence electrons. The van der Waals surface area contributed by atoms with E-state index in [2.05, 4.69) is 4.72 Å². The van der Waals surface area contributed by atoms with Crippen molar-refractivity contribution in [1.29, 1.82) is 0 Å². The third kappa shape index (κ3) is 4.50. The first-order valence-electron chi connectivity index (χ1n) is 7.38. The number of nitrogens with one attached hydrogen (secondary N) is 1. The van der Waals surface area contributed by atoms with Gasteiger partial charge in [-0.2, -0.15) is 17.4 Å². The van der Waals surface area contributed by atoms with E-state index in [0.717, 1.165) is 11.1 Å². The molecule has 1 N–H and O–H groups in total. The molecule has 6 nitrogen and oxygen atoms in total. The van der Waals surface area contributed by atoms with Crippen molar-refractivity contribution in [2.45, 2.75) is 39.2 Å². The molecule has 0 amide bonds. The van der Waals surface area contributed by atoms with Crippen molar-refractivity contribution in [3.05, 3.63) is 35.4 Å². The lowest BCUT2D eigenvalue weighted by atomic mass is 10.1. The largest absolute Gasteiger partial charge is 0.380 e. The molecule has 0 saturated carbocycles. The maximum absolute atomic E-state index is 12.4. The van der Waals surface area contributed by atoms with Gasteiger partial charge in [0.1, 0.15) is 0 Å². The molecule has 2 rings (SSSR count).